The maximum absolute atomic E-state index is 2.57. The van der Waals surface area contributed by atoms with Gasteiger partial charge in [-0.15, -0.1) is 0 Å². The molecular formula is C29H34N2. The molecule has 0 spiro atoms. The van der Waals surface area contributed by atoms with E-state index in [1.807, 2.05) is 0 Å². The Morgan fingerprint density at radius 1 is 0.806 bits per heavy atom. The van der Waals surface area contributed by atoms with Crippen LogP contribution in [0.1, 0.15) is 37.9 Å². The predicted molar refractivity (Wildman–Crippen MR) is 136 cm³/mol. The van der Waals surface area contributed by atoms with Gasteiger partial charge in [-0.25, -0.2) is 0 Å². The van der Waals surface area contributed by atoms with Crippen molar-refractivity contribution in [2.75, 3.05) is 19.0 Å². The van der Waals surface area contributed by atoms with Crippen LogP contribution in [0.5, 0.6) is 0 Å². The third kappa shape index (κ3) is 3.87. The Kier molecular flexibility index (Phi) is 6.18. The number of anilines is 1. The number of hydrogen-bond donors (Lipinski definition) is 0. The number of nitrogens with zero attached hydrogens (tertiary/aromatic N) is 2. The Bertz CT molecular complexity index is 1170. The van der Waals surface area contributed by atoms with Crippen molar-refractivity contribution in [2.45, 2.75) is 46.6 Å². The molecule has 0 aliphatic rings. The first-order valence-corrected chi connectivity index (χ1v) is 11.5. The van der Waals surface area contributed by atoms with Gasteiger partial charge in [0.05, 0.1) is 0 Å². The van der Waals surface area contributed by atoms with Crippen LogP contribution in [0.2, 0.25) is 0 Å². The first-order valence-electron chi connectivity index (χ1n) is 11.5. The number of rotatable bonds is 7. The molecule has 3 aromatic carbocycles. The molecule has 4 rings (SSSR count). The van der Waals surface area contributed by atoms with E-state index >= 15 is 0 Å². The zero-order valence-corrected chi connectivity index (χ0v) is 19.6. The minimum absolute atomic E-state index is 1.06. The first-order chi connectivity index (χ1) is 15.1. The summed E-state index contributed by atoms with van der Waals surface area (Å²) in [5.41, 5.74) is 10.7. The van der Waals surface area contributed by atoms with E-state index in [2.05, 4.69) is 111 Å². The summed E-state index contributed by atoms with van der Waals surface area (Å²) in [6.45, 7) is 7.96. The molecule has 0 radical (unpaired) electrons. The second-order valence-corrected chi connectivity index (χ2v) is 8.62. The van der Waals surface area contributed by atoms with Crippen LogP contribution >= 0.6 is 0 Å². The van der Waals surface area contributed by atoms with Gasteiger partial charge in [-0.1, -0.05) is 68.8 Å². The van der Waals surface area contributed by atoms with Gasteiger partial charge < -0.3 is 9.47 Å². The second kappa shape index (κ2) is 9.01. The average molecular weight is 411 g/mol. The molecule has 0 N–H and O–H groups in total. The zero-order chi connectivity index (χ0) is 22.0. The summed E-state index contributed by atoms with van der Waals surface area (Å²) in [5.74, 6) is 0. The molecule has 0 aliphatic carbocycles. The highest BCUT2D eigenvalue weighted by atomic mass is 15.1. The van der Waals surface area contributed by atoms with Gasteiger partial charge in [0.15, 0.2) is 0 Å². The third-order valence-electron chi connectivity index (χ3n) is 6.44. The van der Waals surface area contributed by atoms with Crippen LogP contribution in [0, 0.1) is 6.92 Å². The first kappa shape index (κ1) is 21.2. The maximum Gasteiger partial charge on any atom is 0.0492 e. The van der Waals surface area contributed by atoms with Crippen LogP contribution in [0.15, 0.2) is 66.7 Å². The SMILES string of the molecule is CCCCn1c(CC)c(C)c2c(-c3ccc(N(C)C)cc3)c(-c3ccccc3)ccc21. The van der Waals surface area contributed by atoms with Crippen molar-refractivity contribution in [3.8, 4) is 22.3 Å². The summed E-state index contributed by atoms with van der Waals surface area (Å²) < 4.78 is 2.57. The molecular weight excluding hydrogens is 376 g/mol. The van der Waals surface area contributed by atoms with Gasteiger partial charge in [-0.05, 0) is 65.8 Å². The second-order valence-electron chi connectivity index (χ2n) is 8.62. The Labute approximate surface area is 187 Å². The van der Waals surface area contributed by atoms with Crippen LogP contribution in [-0.4, -0.2) is 18.7 Å². The molecule has 0 amide bonds. The van der Waals surface area contributed by atoms with Crippen molar-refractivity contribution >= 4 is 16.6 Å². The average Bonchev–Trinajstić information content (AvgIpc) is 3.08. The summed E-state index contributed by atoms with van der Waals surface area (Å²) >= 11 is 0. The fraction of sp³-hybridized carbons (Fsp3) is 0.310. The van der Waals surface area contributed by atoms with Crippen molar-refractivity contribution in [1.82, 2.24) is 4.57 Å². The van der Waals surface area contributed by atoms with Crippen molar-refractivity contribution in [2.24, 2.45) is 0 Å². The number of aromatic nitrogens is 1. The quantitative estimate of drug-likeness (QED) is 0.303. The topological polar surface area (TPSA) is 8.17 Å². The fourth-order valence-electron chi connectivity index (χ4n) is 4.80. The minimum Gasteiger partial charge on any atom is -0.378 e. The van der Waals surface area contributed by atoms with Crippen LogP contribution in [0.3, 0.4) is 0 Å². The van der Waals surface area contributed by atoms with E-state index in [-0.39, 0.29) is 0 Å². The Morgan fingerprint density at radius 2 is 1.52 bits per heavy atom. The molecule has 0 fully saturated rings. The third-order valence-corrected chi connectivity index (χ3v) is 6.44. The number of benzene rings is 3. The van der Waals surface area contributed by atoms with E-state index in [0.717, 1.165) is 13.0 Å². The highest BCUT2D eigenvalue weighted by molar-refractivity contribution is 6.05. The summed E-state index contributed by atoms with van der Waals surface area (Å²) in [5, 5.41) is 1.41. The maximum atomic E-state index is 2.57. The van der Waals surface area contributed by atoms with Gasteiger partial charge in [0, 0.05) is 42.9 Å². The van der Waals surface area contributed by atoms with E-state index < -0.39 is 0 Å². The van der Waals surface area contributed by atoms with Crippen LogP contribution in [-0.2, 0) is 13.0 Å². The fourth-order valence-corrected chi connectivity index (χ4v) is 4.80. The standard InChI is InChI=1S/C29H34N2/c1-6-8-20-31-26(7-2)21(3)28-27(31)19-18-25(22-12-10-9-11-13-22)29(28)23-14-16-24(17-15-23)30(4)5/h9-19H,6-8,20H2,1-5H3. The molecule has 1 heterocycles. The monoisotopic (exact) mass is 410 g/mol. The summed E-state index contributed by atoms with van der Waals surface area (Å²) in [7, 11) is 4.19. The summed E-state index contributed by atoms with van der Waals surface area (Å²) in [6.07, 6.45) is 3.48. The number of fused-ring (bicyclic) bond motifs is 1. The lowest BCUT2D eigenvalue weighted by atomic mass is 9.90. The Balaban J connectivity index is 2.04. The van der Waals surface area contributed by atoms with Gasteiger partial charge in [-0.2, -0.15) is 0 Å². The predicted octanol–water partition coefficient (Wildman–Crippen LogP) is 7.71. The highest BCUT2D eigenvalue weighted by Gasteiger charge is 2.20. The van der Waals surface area contributed by atoms with E-state index in [9.17, 15) is 0 Å². The van der Waals surface area contributed by atoms with Gasteiger partial charge in [0.2, 0.25) is 0 Å². The van der Waals surface area contributed by atoms with Gasteiger partial charge >= 0.3 is 0 Å². The molecule has 2 nitrogen and oxygen atoms in total. The molecule has 0 bridgehead atoms. The lowest BCUT2D eigenvalue weighted by Gasteiger charge is -2.16. The van der Waals surface area contributed by atoms with E-state index in [0.29, 0.717) is 0 Å². The molecule has 0 saturated heterocycles. The number of aryl methyl sites for hydroxylation is 2. The Hall–Kier alpha value is -3.00. The van der Waals surface area contributed by atoms with Crippen LogP contribution in [0.4, 0.5) is 5.69 Å². The van der Waals surface area contributed by atoms with Crippen molar-refractivity contribution in [3.63, 3.8) is 0 Å². The van der Waals surface area contributed by atoms with E-state index in [4.69, 9.17) is 0 Å². The summed E-state index contributed by atoms with van der Waals surface area (Å²) in [4.78, 5) is 2.16. The minimum atomic E-state index is 1.06. The molecule has 0 saturated carbocycles. The molecule has 1 aromatic heterocycles. The lowest BCUT2D eigenvalue weighted by molar-refractivity contribution is 0.627. The van der Waals surface area contributed by atoms with Gasteiger partial charge in [-0.3, -0.25) is 0 Å². The molecule has 160 valence electrons. The molecule has 31 heavy (non-hydrogen) atoms. The highest BCUT2D eigenvalue weighted by Crippen LogP contribution is 2.42. The van der Waals surface area contributed by atoms with Crippen LogP contribution in [0.25, 0.3) is 33.2 Å². The zero-order valence-electron chi connectivity index (χ0n) is 19.6. The van der Waals surface area contributed by atoms with Gasteiger partial charge in [0.25, 0.3) is 0 Å². The largest absolute Gasteiger partial charge is 0.378 e. The number of hydrogen-bond acceptors (Lipinski definition) is 1. The molecule has 0 aliphatic heterocycles. The molecule has 4 aromatic rings. The Morgan fingerprint density at radius 3 is 2.13 bits per heavy atom. The van der Waals surface area contributed by atoms with Gasteiger partial charge in [0.1, 0.15) is 0 Å². The smallest absolute Gasteiger partial charge is 0.0492 e. The number of unbranched alkanes of at least 4 members (excludes halogenated alkanes) is 1. The summed E-state index contributed by atoms with van der Waals surface area (Å²) in [6, 6.07) is 24.5. The normalized spacial score (nSPS) is 11.3. The van der Waals surface area contributed by atoms with E-state index in [1.165, 1.54) is 62.9 Å². The van der Waals surface area contributed by atoms with E-state index in [1.54, 1.807) is 0 Å². The van der Waals surface area contributed by atoms with Crippen molar-refractivity contribution in [3.05, 3.63) is 78.0 Å². The molecule has 0 atom stereocenters. The lowest BCUT2D eigenvalue weighted by Crippen LogP contribution is -2.07. The molecule has 0 unspecified atom stereocenters. The van der Waals surface area contributed by atoms with Crippen LogP contribution < -0.4 is 4.90 Å². The van der Waals surface area contributed by atoms with Crippen molar-refractivity contribution in [1.29, 1.82) is 0 Å². The molecule has 2 heteroatoms. The van der Waals surface area contributed by atoms with Crippen molar-refractivity contribution < 1.29 is 0 Å².